The maximum Gasteiger partial charge on any atom is 0.387 e. The van der Waals surface area contributed by atoms with Crippen LogP contribution in [0.15, 0.2) is 35.3 Å². The molecule has 0 aliphatic heterocycles. The van der Waals surface area contributed by atoms with Crippen LogP contribution in [0.2, 0.25) is 4.34 Å². The molecule has 0 saturated heterocycles. The van der Waals surface area contributed by atoms with E-state index >= 15 is 0 Å². The minimum Gasteiger partial charge on any atom is -0.434 e. The molecule has 0 radical (unpaired) electrons. The second kappa shape index (κ2) is 12.4. The molecular weight excluding hydrogens is 523 g/mol. The van der Waals surface area contributed by atoms with Crippen LogP contribution in [0, 0.1) is 6.92 Å². The third kappa shape index (κ3) is 8.06. The number of guanidine groups is 1. The summed E-state index contributed by atoms with van der Waals surface area (Å²) in [4.78, 5) is 5.14. The molecule has 0 bridgehead atoms. The van der Waals surface area contributed by atoms with Crippen molar-refractivity contribution in [3.8, 4) is 5.75 Å². The van der Waals surface area contributed by atoms with Crippen LogP contribution in [0.3, 0.4) is 0 Å². The molecule has 1 atom stereocenters. The van der Waals surface area contributed by atoms with E-state index < -0.39 is 12.7 Å². The number of rotatable bonds is 8. The predicted molar refractivity (Wildman–Crippen MR) is 120 cm³/mol. The van der Waals surface area contributed by atoms with Gasteiger partial charge in [0.25, 0.3) is 0 Å². The van der Waals surface area contributed by atoms with Crippen molar-refractivity contribution >= 4 is 52.9 Å². The van der Waals surface area contributed by atoms with Gasteiger partial charge in [0, 0.05) is 23.5 Å². The van der Waals surface area contributed by atoms with Gasteiger partial charge in [-0.15, -0.1) is 35.3 Å². The first kappa shape index (κ1) is 24.9. The zero-order chi connectivity index (χ0) is 19.8. The van der Waals surface area contributed by atoms with Gasteiger partial charge in [0.15, 0.2) is 5.96 Å². The normalized spacial score (nSPS) is 12.5. The van der Waals surface area contributed by atoms with Gasteiger partial charge in [0.1, 0.15) is 11.9 Å². The van der Waals surface area contributed by atoms with Crippen molar-refractivity contribution in [3.63, 3.8) is 0 Å². The Bertz CT molecular complexity index is 777. The number of aryl methyl sites for hydroxylation is 1. The van der Waals surface area contributed by atoms with E-state index in [0.29, 0.717) is 22.4 Å². The van der Waals surface area contributed by atoms with E-state index in [1.54, 1.807) is 24.3 Å². The summed E-state index contributed by atoms with van der Waals surface area (Å²) >= 11 is 7.19. The van der Waals surface area contributed by atoms with Crippen LogP contribution < -0.4 is 15.4 Å². The molecule has 1 unspecified atom stereocenters. The Labute approximate surface area is 189 Å². The van der Waals surface area contributed by atoms with Crippen molar-refractivity contribution in [3.05, 3.63) is 50.7 Å². The number of benzene rings is 1. The average molecular weight is 546 g/mol. The predicted octanol–water partition coefficient (Wildman–Crippen LogP) is 4.72. The van der Waals surface area contributed by atoms with Crippen molar-refractivity contribution < 1.29 is 18.6 Å². The highest BCUT2D eigenvalue weighted by molar-refractivity contribution is 14.0. The summed E-state index contributed by atoms with van der Waals surface area (Å²) < 4.78 is 30.3. The van der Waals surface area contributed by atoms with E-state index in [9.17, 15) is 13.9 Å². The Morgan fingerprint density at radius 2 is 2.04 bits per heavy atom. The number of nitrogens with one attached hydrogen (secondary N) is 2. The number of ether oxygens (including phenoxy) is 1. The van der Waals surface area contributed by atoms with Crippen LogP contribution in [0.4, 0.5) is 8.78 Å². The van der Waals surface area contributed by atoms with Crippen molar-refractivity contribution in [2.75, 3.05) is 13.1 Å². The Kier molecular flexibility index (Phi) is 11.0. The molecule has 1 heterocycles. The van der Waals surface area contributed by atoms with Crippen LogP contribution in [-0.4, -0.2) is 30.8 Å². The molecule has 0 saturated carbocycles. The minimum atomic E-state index is -2.89. The van der Waals surface area contributed by atoms with Gasteiger partial charge >= 0.3 is 6.61 Å². The number of halogens is 4. The van der Waals surface area contributed by atoms with Gasteiger partial charge in [0.2, 0.25) is 0 Å². The van der Waals surface area contributed by atoms with Crippen molar-refractivity contribution in [2.45, 2.75) is 33.1 Å². The van der Waals surface area contributed by atoms with Gasteiger partial charge in [-0.2, -0.15) is 8.78 Å². The maximum absolute atomic E-state index is 12.6. The smallest absolute Gasteiger partial charge is 0.387 e. The fraction of sp³-hybridized carbons (Fsp3) is 0.389. The summed E-state index contributed by atoms with van der Waals surface area (Å²) in [5.41, 5.74) is 1.47. The summed E-state index contributed by atoms with van der Waals surface area (Å²) in [6.07, 6.45) is -0.733. The molecule has 0 amide bonds. The van der Waals surface area contributed by atoms with E-state index in [-0.39, 0.29) is 42.8 Å². The fourth-order valence-corrected chi connectivity index (χ4v) is 3.40. The molecule has 156 valence electrons. The van der Waals surface area contributed by atoms with Gasteiger partial charge < -0.3 is 20.5 Å². The molecule has 0 spiro atoms. The largest absolute Gasteiger partial charge is 0.434 e. The van der Waals surface area contributed by atoms with Gasteiger partial charge in [-0.3, -0.25) is 0 Å². The molecule has 10 heteroatoms. The topological polar surface area (TPSA) is 65.9 Å². The van der Waals surface area contributed by atoms with Gasteiger partial charge in [-0.05, 0) is 32.0 Å². The Morgan fingerprint density at radius 3 is 2.64 bits per heavy atom. The van der Waals surface area contributed by atoms with Crippen LogP contribution >= 0.6 is 46.9 Å². The number of thiophene rings is 1. The maximum atomic E-state index is 12.6. The van der Waals surface area contributed by atoms with Gasteiger partial charge in [-0.25, -0.2) is 4.99 Å². The second-order valence-corrected chi connectivity index (χ2v) is 7.47. The third-order valence-electron chi connectivity index (χ3n) is 3.57. The molecule has 1 aromatic carbocycles. The minimum absolute atomic E-state index is 0. The molecule has 2 rings (SSSR count). The number of nitrogens with zero attached hydrogens (tertiary/aromatic N) is 1. The first-order valence-corrected chi connectivity index (χ1v) is 9.58. The average Bonchev–Trinajstić information content (AvgIpc) is 3.05. The molecule has 28 heavy (non-hydrogen) atoms. The van der Waals surface area contributed by atoms with Crippen molar-refractivity contribution in [1.29, 1.82) is 0 Å². The number of aliphatic imine (C=N–C) groups is 1. The molecule has 0 aliphatic rings. The van der Waals surface area contributed by atoms with Crippen molar-refractivity contribution in [1.82, 2.24) is 10.6 Å². The summed E-state index contributed by atoms with van der Waals surface area (Å²) in [6, 6.07) is 8.47. The Balaban J connectivity index is 0.00000392. The molecule has 3 N–H and O–H groups in total. The quantitative estimate of drug-likeness (QED) is 0.255. The molecular formula is C18H23ClF2IN3O2S. The third-order valence-corrected chi connectivity index (χ3v) is 4.90. The zero-order valence-corrected chi connectivity index (χ0v) is 19.3. The number of hydrogen-bond donors (Lipinski definition) is 3. The highest BCUT2D eigenvalue weighted by atomic mass is 127. The molecule has 0 fully saturated rings. The monoisotopic (exact) mass is 545 g/mol. The lowest BCUT2D eigenvalue weighted by molar-refractivity contribution is -0.0504. The Hall–Kier alpha value is -1.17. The Morgan fingerprint density at radius 1 is 1.29 bits per heavy atom. The highest BCUT2D eigenvalue weighted by Gasteiger charge is 2.12. The number of aliphatic hydroxyl groups excluding tert-OH is 1. The standard InChI is InChI=1S/C18H22ClF2N3O2S.HI/c1-3-22-18(24-10-13(25)15-6-7-16(19)27-15)23-9-12-8-11(2)4-5-14(12)26-17(20)21;/h4-8,13,17,25H,3,9-10H2,1-2H3,(H2,22,23,24);1H. The SMILES string of the molecule is CCNC(=NCc1cc(C)ccc1OC(F)F)NCC(O)c1ccc(Cl)s1.I. The van der Waals surface area contributed by atoms with Crippen molar-refractivity contribution in [2.24, 2.45) is 4.99 Å². The van der Waals surface area contributed by atoms with Crippen LogP contribution in [0.5, 0.6) is 5.75 Å². The lowest BCUT2D eigenvalue weighted by Crippen LogP contribution is -2.39. The van der Waals surface area contributed by atoms with E-state index in [1.807, 2.05) is 13.8 Å². The van der Waals surface area contributed by atoms with Crippen LogP contribution in [0.1, 0.15) is 29.0 Å². The lowest BCUT2D eigenvalue weighted by atomic mass is 10.1. The zero-order valence-electron chi connectivity index (χ0n) is 15.4. The summed E-state index contributed by atoms with van der Waals surface area (Å²) in [5.74, 6) is 0.562. The highest BCUT2D eigenvalue weighted by Crippen LogP contribution is 2.26. The molecule has 2 aromatic rings. The summed E-state index contributed by atoms with van der Waals surface area (Å²) in [6.45, 7) is 1.88. The van der Waals surface area contributed by atoms with E-state index in [0.717, 1.165) is 10.4 Å². The number of hydrogen-bond acceptors (Lipinski definition) is 4. The molecule has 0 aliphatic carbocycles. The van der Waals surface area contributed by atoms with Crippen LogP contribution in [-0.2, 0) is 6.54 Å². The van der Waals surface area contributed by atoms with Gasteiger partial charge in [-0.1, -0.05) is 29.3 Å². The van der Waals surface area contributed by atoms with Crippen LogP contribution in [0.25, 0.3) is 0 Å². The molecule has 1 aromatic heterocycles. The molecule has 5 nitrogen and oxygen atoms in total. The van der Waals surface area contributed by atoms with E-state index in [2.05, 4.69) is 20.4 Å². The lowest BCUT2D eigenvalue weighted by Gasteiger charge is -2.15. The second-order valence-electron chi connectivity index (χ2n) is 5.72. The fourth-order valence-electron chi connectivity index (χ4n) is 2.35. The van der Waals surface area contributed by atoms with E-state index in [4.69, 9.17) is 11.6 Å². The van der Waals surface area contributed by atoms with E-state index in [1.165, 1.54) is 17.4 Å². The number of aliphatic hydroxyl groups is 1. The summed E-state index contributed by atoms with van der Waals surface area (Å²) in [5, 5.41) is 16.3. The number of alkyl halides is 2. The summed E-state index contributed by atoms with van der Waals surface area (Å²) in [7, 11) is 0. The van der Waals surface area contributed by atoms with Gasteiger partial charge in [0.05, 0.1) is 10.9 Å². The first-order chi connectivity index (χ1) is 12.9. The first-order valence-electron chi connectivity index (χ1n) is 8.38.